The number of piperazine rings is 1. The predicted octanol–water partition coefficient (Wildman–Crippen LogP) is 2.77. The van der Waals surface area contributed by atoms with Gasteiger partial charge in [0.2, 0.25) is 5.91 Å². The lowest BCUT2D eigenvalue weighted by atomic mass is 10.2. The minimum atomic E-state index is 0.295. The van der Waals surface area contributed by atoms with Crippen LogP contribution in [0.2, 0.25) is 0 Å². The first-order chi connectivity index (χ1) is 11.1. The van der Waals surface area contributed by atoms with E-state index in [1.54, 1.807) is 0 Å². The Balaban J connectivity index is 2.40. The van der Waals surface area contributed by atoms with Gasteiger partial charge in [-0.05, 0) is 39.8 Å². The Hall–Kier alpha value is -1.13. The van der Waals surface area contributed by atoms with Crippen molar-refractivity contribution in [3.05, 3.63) is 24.3 Å². The molecule has 1 aliphatic rings. The summed E-state index contributed by atoms with van der Waals surface area (Å²) >= 11 is 0. The van der Waals surface area contributed by atoms with Crippen molar-refractivity contribution in [1.29, 1.82) is 0 Å². The average Bonchev–Trinajstić information content (AvgIpc) is 2.55. The van der Waals surface area contributed by atoms with E-state index in [2.05, 4.69) is 48.8 Å². The van der Waals surface area contributed by atoms with Gasteiger partial charge in [0.05, 0.1) is 6.54 Å². The molecule has 0 spiro atoms. The molecule has 1 rings (SSSR count). The van der Waals surface area contributed by atoms with Gasteiger partial charge in [-0.15, -0.1) is 0 Å². The summed E-state index contributed by atoms with van der Waals surface area (Å²) in [5.74, 6) is 0.295. The fourth-order valence-electron chi connectivity index (χ4n) is 3.03. The quantitative estimate of drug-likeness (QED) is 0.611. The van der Waals surface area contributed by atoms with E-state index in [0.717, 1.165) is 52.1 Å². The van der Waals surface area contributed by atoms with E-state index < -0.39 is 0 Å². The molecule has 23 heavy (non-hydrogen) atoms. The van der Waals surface area contributed by atoms with Crippen molar-refractivity contribution in [2.45, 2.75) is 46.6 Å². The third-order valence-electron chi connectivity index (χ3n) is 4.37. The molecule has 1 aliphatic heterocycles. The Kier molecular flexibility index (Phi) is 9.88. The smallest absolute Gasteiger partial charge is 0.236 e. The first kappa shape index (κ1) is 19.9. The van der Waals surface area contributed by atoms with Crippen molar-refractivity contribution < 1.29 is 4.79 Å². The Morgan fingerprint density at radius 2 is 1.70 bits per heavy atom. The van der Waals surface area contributed by atoms with Gasteiger partial charge in [0.25, 0.3) is 0 Å². The maximum Gasteiger partial charge on any atom is 0.236 e. The molecule has 1 heterocycles. The summed E-state index contributed by atoms with van der Waals surface area (Å²) < 4.78 is 0. The molecule has 0 radical (unpaired) electrons. The number of carbonyl (C=O) groups excluding carboxylic acids is 1. The molecular weight excluding hydrogens is 286 g/mol. The van der Waals surface area contributed by atoms with Gasteiger partial charge in [-0.3, -0.25) is 14.6 Å². The number of carbonyl (C=O) groups is 1. The molecule has 1 fully saturated rings. The molecular formula is C19H35N3O. The van der Waals surface area contributed by atoms with Gasteiger partial charge in [0.1, 0.15) is 0 Å². The molecule has 1 atom stereocenters. The third-order valence-corrected chi connectivity index (χ3v) is 4.37. The fraction of sp³-hybridized carbons (Fsp3) is 0.737. The predicted molar refractivity (Wildman–Crippen MR) is 98.6 cm³/mol. The molecule has 0 aromatic heterocycles. The van der Waals surface area contributed by atoms with Crippen LogP contribution in [0.5, 0.6) is 0 Å². The lowest BCUT2D eigenvalue weighted by Gasteiger charge is -2.38. The van der Waals surface area contributed by atoms with E-state index in [-0.39, 0.29) is 0 Å². The van der Waals surface area contributed by atoms with Crippen LogP contribution in [0, 0.1) is 0 Å². The molecule has 132 valence electrons. The average molecular weight is 322 g/mol. The minimum Gasteiger partial charge on any atom is -0.339 e. The maximum atomic E-state index is 12.5. The zero-order valence-corrected chi connectivity index (χ0v) is 15.5. The molecule has 1 unspecified atom stereocenters. The molecule has 0 N–H and O–H groups in total. The van der Waals surface area contributed by atoms with Gasteiger partial charge in [0, 0.05) is 32.2 Å². The van der Waals surface area contributed by atoms with E-state index in [0.29, 0.717) is 18.5 Å². The van der Waals surface area contributed by atoms with Crippen molar-refractivity contribution in [1.82, 2.24) is 14.7 Å². The lowest BCUT2D eigenvalue weighted by molar-refractivity contribution is -0.134. The molecule has 0 saturated carbocycles. The molecule has 0 aromatic carbocycles. The molecule has 4 heteroatoms. The Morgan fingerprint density at radius 1 is 1.09 bits per heavy atom. The minimum absolute atomic E-state index is 0.295. The standard InChI is InChI=1S/C19H35N3O/c1-5-8-9-10-18(4)21-13-15-22(16-14-21)19(23)17-20(11-6-2)12-7-3/h5,8-10,18H,6-7,11-17H2,1-4H3/b8-5-,10-9-. The zero-order chi connectivity index (χ0) is 17.1. The van der Waals surface area contributed by atoms with Crippen LogP contribution in [0.25, 0.3) is 0 Å². The van der Waals surface area contributed by atoms with Gasteiger partial charge < -0.3 is 4.90 Å². The van der Waals surface area contributed by atoms with Crippen molar-refractivity contribution in [3.8, 4) is 0 Å². The number of rotatable bonds is 9. The SMILES string of the molecule is C/C=C\C=C/C(C)N1CCN(C(=O)CN(CCC)CCC)CC1. The summed E-state index contributed by atoms with van der Waals surface area (Å²) in [5.41, 5.74) is 0. The molecule has 0 bridgehead atoms. The van der Waals surface area contributed by atoms with Crippen LogP contribution in [0.4, 0.5) is 0 Å². The lowest BCUT2D eigenvalue weighted by Crippen LogP contribution is -2.53. The molecule has 0 aliphatic carbocycles. The number of allylic oxidation sites excluding steroid dienone is 3. The van der Waals surface area contributed by atoms with Gasteiger partial charge in [-0.2, -0.15) is 0 Å². The molecule has 4 nitrogen and oxygen atoms in total. The van der Waals surface area contributed by atoms with Crippen LogP contribution in [-0.2, 0) is 4.79 Å². The largest absolute Gasteiger partial charge is 0.339 e. The highest BCUT2D eigenvalue weighted by Gasteiger charge is 2.23. The van der Waals surface area contributed by atoms with Crippen LogP contribution >= 0.6 is 0 Å². The van der Waals surface area contributed by atoms with Crippen molar-refractivity contribution in [2.75, 3.05) is 45.8 Å². The van der Waals surface area contributed by atoms with Gasteiger partial charge in [0.15, 0.2) is 0 Å². The number of amides is 1. The van der Waals surface area contributed by atoms with E-state index >= 15 is 0 Å². The second-order valence-corrected chi connectivity index (χ2v) is 6.34. The van der Waals surface area contributed by atoms with E-state index in [9.17, 15) is 4.79 Å². The molecule has 1 saturated heterocycles. The van der Waals surface area contributed by atoms with Crippen LogP contribution in [-0.4, -0.2) is 72.5 Å². The van der Waals surface area contributed by atoms with Crippen LogP contribution < -0.4 is 0 Å². The zero-order valence-electron chi connectivity index (χ0n) is 15.5. The van der Waals surface area contributed by atoms with Gasteiger partial charge >= 0.3 is 0 Å². The highest BCUT2D eigenvalue weighted by molar-refractivity contribution is 5.78. The Morgan fingerprint density at radius 3 is 2.22 bits per heavy atom. The Labute approximate surface area is 142 Å². The molecule has 1 amide bonds. The second-order valence-electron chi connectivity index (χ2n) is 6.34. The van der Waals surface area contributed by atoms with E-state index in [1.807, 2.05) is 17.9 Å². The van der Waals surface area contributed by atoms with Crippen molar-refractivity contribution in [2.24, 2.45) is 0 Å². The van der Waals surface area contributed by atoms with Crippen LogP contribution in [0.1, 0.15) is 40.5 Å². The van der Waals surface area contributed by atoms with E-state index in [4.69, 9.17) is 0 Å². The summed E-state index contributed by atoms with van der Waals surface area (Å²) in [6.07, 6.45) is 10.6. The number of hydrogen-bond acceptors (Lipinski definition) is 3. The summed E-state index contributed by atoms with van der Waals surface area (Å²) in [6.45, 7) is 14.9. The molecule has 0 aromatic rings. The monoisotopic (exact) mass is 321 g/mol. The van der Waals surface area contributed by atoms with Crippen molar-refractivity contribution in [3.63, 3.8) is 0 Å². The summed E-state index contributed by atoms with van der Waals surface area (Å²) in [5, 5.41) is 0. The highest BCUT2D eigenvalue weighted by atomic mass is 16.2. The second kappa shape index (κ2) is 11.4. The highest BCUT2D eigenvalue weighted by Crippen LogP contribution is 2.08. The van der Waals surface area contributed by atoms with Gasteiger partial charge in [-0.1, -0.05) is 38.2 Å². The first-order valence-electron chi connectivity index (χ1n) is 9.16. The van der Waals surface area contributed by atoms with E-state index in [1.165, 1.54) is 0 Å². The number of hydrogen-bond donors (Lipinski definition) is 0. The third kappa shape index (κ3) is 7.32. The van der Waals surface area contributed by atoms with Crippen LogP contribution in [0.15, 0.2) is 24.3 Å². The summed E-state index contributed by atoms with van der Waals surface area (Å²) in [6, 6.07) is 0.431. The maximum absolute atomic E-state index is 12.5. The fourth-order valence-corrected chi connectivity index (χ4v) is 3.03. The number of nitrogens with zero attached hydrogens (tertiary/aromatic N) is 3. The summed E-state index contributed by atoms with van der Waals surface area (Å²) in [4.78, 5) is 19.3. The Bertz CT molecular complexity index is 378. The summed E-state index contributed by atoms with van der Waals surface area (Å²) in [7, 11) is 0. The van der Waals surface area contributed by atoms with Gasteiger partial charge in [-0.25, -0.2) is 0 Å². The van der Waals surface area contributed by atoms with Crippen molar-refractivity contribution >= 4 is 5.91 Å². The van der Waals surface area contributed by atoms with Crippen LogP contribution in [0.3, 0.4) is 0 Å². The topological polar surface area (TPSA) is 26.8 Å². The normalized spacial score (nSPS) is 18.4. The first-order valence-corrected chi connectivity index (χ1v) is 9.16.